The summed E-state index contributed by atoms with van der Waals surface area (Å²) in [7, 11) is 1.31. The lowest BCUT2D eigenvalue weighted by Gasteiger charge is -1.85. The van der Waals surface area contributed by atoms with Crippen LogP contribution < -0.4 is 0 Å². The first-order valence-corrected chi connectivity index (χ1v) is 3.40. The molecular formula is C7H16O3. The van der Waals surface area contributed by atoms with Crippen molar-refractivity contribution in [3.05, 3.63) is 0 Å². The number of methoxy groups -OCH3 is 1. The molecule has 3 heteroatoms. The molecule has 0 aromatic rings. The number of carbonyl (C=O) groups excluding carboxylic acids is 1. The molecule has 0 rings (SSSR count). The molecule has 0 aromatic carbocycles. The lowest BCUT2D eigenvalue weighted by Crippen LogP contribution is -1.78. The highest BCUT2D eigenvalue weighted by Gasteiger charge is 1.76. The first-order chi connectivity index (χ1) is 4.83. The number of hydrogen-bond acceptors (Lipinski definition) is 3. The van der Waals surface area contributed by atoms with E-state index in [1.807, 2.05) is 0 Å². The van der Waals surface area contributed by atoms with E-state index in [-0.39, 0.29) is 0 Å². The van der Waals surface area contributed by atoms with Crippen molar-refractivity contribution in [1.82, 2.24) is 0 Å². The van der Waals surface area contributed by atoms with Gasteiger partial charge in [0.2, 0.25) is 0 Å². The van der Waals surface area contributed by atoms with Gasteiger partial charge in [-0.05, 0) is 6.42 Å². The maximum absolute atomic E-state index is 8.95. The topological polar surface area (TPSA) is 46.5 Å². The fraction of sp³-hybridized carbons (Fsp3) is 0.857. The summed E-state index contributed by atoms with van der Waals surface area (Å²) in [6.07, 6.45) is 3.33. The Hall–Kier alpha value is -0.570. The average Bonchev–Trinajstić information content (AvgIpc) is 2.01. The van der Waals surface area contributed by atoms with Gasteiger partial charge < -0.3 is 9.84 Å². The van der Waals surface area contributed by atoms with Crippen molar-refractivity contribution in [3.63, 3.8) is 0 Å². The van der Waals surface area contributed by atoms with Crippen LogP contribution in [0.1, 0.15) is 26.2 Å². The number of aliphatic hydroxyl groups is 1. The molecule has 1 N–H and O–H groups in total. The normalized spacial score (nSPS) is 7.50. The molecule has 0 aliphatic carbocycles. The van der Waals surface area contributed by atoms with Crippen molar-refractivity contribution >= 4 is 6.47 Å². The van der Waals surface area contributed by atoms with E-state index in [2.05, 4.69) is 11.7 Å². The zero-order valence-corrected chi connectivity index (χ0v) is 6.67. The van der Waals surface area contributed by atoms with E-state index >= 15 is 0 Å². The Kier molecular flexibility index (Phi) is 19.2. The molecule has 0 bridgehead atoms. The predicted octanol–water partition coefficient (Wildman–Crippen LogP) is 0.958. The highest BCUT2D eigenvalue weighted by atomic mass is 16.5. The molecule has 0 saturated carbocycles. The van der Waals surface area contributed by atoms with Gasteiger partial charge in [0, 0.05) is 6.61 Å². The van der Waals surface area contributed by atoms with Crippen molar-refractivity contribution in [1.29, 1.82) is 0 Å². The number of unbranched alkanes of at least 4 members (excludes halogenated alkanes) is 2. The average molecular weight is 148 g/mol. The van der Waals surface area contributed by atoms with Crippen LogP contribution in [0.2, 0.25) is 0 Å². The first kappa shape index (κ1) is 12.1. The molecule has 3 nitrogen and oxygen atoms in total. The van der Waals surface area contributed by atoms with Crippen LogP contribution in [0.15, 0.2) is 0 Å². The molecule has 0 spiro atoms. The summed E-state index contributed by atoms with van der Waals surface area (Å²) in [6.45, 7) is 2.85. The Morgan fingerprint density at radius 3 is 2.10 bits per heavy atom. The second-order valence-corrected chi connectivity index (χ2v) is 1.76. The van der Waals surface area contributed by atoms with E-state index in [1.54, 1.807) is 0 Å². The van der Waals surface area contributed by atoms with Crippen LogP contribution in [0.4, 0.5) is 0 Å². The molecule has 0 unspecified atom stereocenters. The predicted molar refractivity (Wildman–Crippen MR) is 39.7 cm³/mol. The Morgan fingerprint density at radius 1 is 1.50 bits per heavy atom. The standard InChI is InChI=1S/C5H12O.C2H4O2/c1-2-3-4-5-6;1-4-2-3/h6H,2-5H2,1H3;2H,1H3. The van der Waals surface area contributed by atoms with Crippen LogP contribution in [0.25, 0.3) is 0 Å². The highest BCUT2D eigenvalue weighted by molar-refractivity contribution is 5.36. The molecule has 0 heterocycles. The van der Waals surface area contributed by atoms with Crippen LogP contribution in [-0.2, 0) is 9.53 Å². The maximum Gasteiger partial charge on any atom is 0.292 e. The molecule has 10 heavy (non-hydrogen) atoms. The van der Waals surface area contributed by atoms with Crippen molar-refractivity contribution < 1.29 is 14.6 Å². The fourth-order valence-electron chi connectivity index (χ4n) is 0.362. The molecule has 0 amide bonds. The summed E-state index contributed by atoms with van der Waals surface area (Å²) >= 11 is 0. The van der Waals surface area contributed by atoms with E-state index in [1.165, 1.54) is 13.5 Å². The van der Waals surface area contributed by atoms with Crippen molar-refractivity contribution in [3.8, 4) is 0 Å². The lowest BCUT2D eigenvalue weighted by molar-refractivity contribution is -0.126. The maximum atomic E-state index is 8.95. The highest BCUT2D eigenvalue weighted by Crippen LogP contribution is 1.89. The van der Waals surface area contributed by atoms with Crippen molar-refractivity contribution in [2.75, 3.05) is 13.7 Å². The number of rotatable bonds is 4. The zero-order chi connectivity index (χ0) is 8.24. The third kappa shape index (κ3) is 26.1. The Labute approximate surface area is 62.0 Å². The second kappa shape index (κ2) is 15.8. The van der Waals surface area contributed by atoms with Crippen molar-refractivity contribution in [2.24, 2.45) is 0 Å². The molecule has 0 atom stereocenters. The summed E-state index contributed by atoms with van der Waals surface area (Å²) in [5.41, 5.74) is 0. The number of ether oxygens (including phenoxy) is 1. The van der Waals surface area contributed by atoms with Crippen LogP contribution in [-0.4, -0.2) is 25.3 Å². The van der Waals surface area contributed by atoms with E-state index in [0.717, 1.165) is 12.8 Å². The Morgan fingerprint density at radius 2 is 2.00 bits per heavy atom. The minimum Gasteiger partial charge on any atom is -0.471 e. The first-order valence-electron chi connectivity index (χ1n) is 3.40. The molecule has 0 aromatic heterocycles. The van der Waals surface area contributed by atoms with Crippen LogP contribution in [0, 0.1) is 0 Å². The summed E-state index contributed by atoms with van der Waals surface area (Å²) < 4.78 is 3.86. The lowest BCUT2D eigenvalue weighted by atomic mass is 10.3. The molecular weight excluding hydrogens is 132 g/mol. The van der Waals surface area contributed by atoms with E-state index in [0.29, 0.717) is 13.1 Å². The third-order valence-corrected chi connectivity index (χ3v) is 0.858. The van der Waals surface area contributed by atoms with Gasteiger partial charge in [-0.2, -0.15) is 0 Å². The third-order valence-electron chi connectivity index (χ3n) is 0.858. The quantitative estimate of drug-likeness (QED) is 0.477. The van der Waals surface area contributed by atoms with Crippen LogP contribution in [0.3, 0.4) is 0 Å². The van der Waals surface area contributed by atoms with Gasteiger partial charge in [-0.1, -0.05) is 19.8 Å². The van der Waals surface area contributed by atoms with E-state index < -0.39 is 0 Å². The summed E-state index contributed by atoms with van der Waals surface area (Å²) in [6, 6.07) is 0. The van der Waals surface area contributed by atoms with E-state index in [4.69, 9.17) is 9.90 Å². The summed E-state index contributed by atoms with van der Waals surface area (Å²) in [5, 5.41) is 8.20. The Bertz CT molecular complexity index is 50.8. The largest absolute Gasteiger partial charge is 0.471 e. The molecule has 0 fully saturated rings. The number of hydrogen-bond donors (Lipinski definition) is 1. The monoisotopic (exact) mass is 148 g/mol. The van der Waals surface area contributed by atoms with Crippen molar-refractivity contribution in [2.45, 2.75) is 26.2 Å². The summed E-state index contributed by atoms with van der Waals surface area (Å²) in [5.74, 6) is 0. The van der Waals surface area contributed by atoms with Gasteiger partial charge in [-0.15, -0.1) is 0 Å². The van der Waals surface area contributed by atoms with Crippen LogP contribution in [0.5, 0.6) is 0 Å². The SMILES string of the molecule is CCCCCO.COC=O. The Balaban J connectivity index is 0. The zero-order valence-electron chi connectivity index (χ0n) is 6.67. The van der Waals surface area contributed by atoms with Gasteiger partial charge in [-0.25, -0.2) is 0 Å². The molecule has 0 saturated heterocycles. The molecule has 62 valence electrons. The van der Waals surface area contributed by atoms with Gasteiger partial charge in [-0.3, -0.25) is 4.79 Å². The minimum absolute atomic E-state index is 0.355. The second-order valence-electron chi connectivity index (χ2n) is 1.76. The molecule has 0 aliphatic rings. The molecule has 0 radical (unpaired) electrons. The van der Waals surface area contributed by atoms with Gasteiger partial charge in [0.25, 0.3) is 6.47 Å². The minimum atomic E-state index is 0.355. The smallest absolute Gasteiger partial charge is 0.292 e. The van der Waals surface area contributed by atoms with Gasteiger partial charge in [0.1, 0.15) is 0 Å². The summed E-state index contributed by atoms with van der Waals surface area (Å²) in [4.78, 5) is 8.95. The number of aliphatic hydroxyl groups excluding tert-OH is 1. The van der Waals surface area contributed by atoms with Gasteiger partial charge in [0.15, 0.2) is 0 Å². The van der Waals surface area contributed by atoms with Crippen LogP contribution >= 0.6 is 0 Å². The molecule has 0 aliphatic heterocycles. The van der Waals surface area contributed by atoms with E-state index in [9.17, 15) is 0 Å². The van der Waals surface area contributed by atoms with Gasteiger partial charge in [0.05, 0.1) is 7.11 Å². The number of carbonyl (C=O) groups is 1. The van der Waals surface area contributed by atoms with Gasteiger partial charge >= 0.3 is 0 Å². The fourth-order valence-corrected chi connectivity index (χ4v) is 0.362.